The molecule has 0 saturated heterocycles. The highest BCUT2D eigenvalue weighted by atomic mass is 35.5. The molecule has 1 amide bonds. The van der Waals surface area contributed by atoms with Crippen molar-refractivity contribution in [2.75, 3.05) is 19.0 Å². The van der Waals surface area contributed by atoms with Crippen molar-refractivity contribution >= 4 is 17.5 Å². The van der Waals surface area contributed by atoms with Gasteiger partial charge in [0.15, 0.2) is 0 Å². The first kappa shape index (κ1) is 16.8. The second-order valence-electron chi connectivity index (χ2n) is 5.74. The van der Waals surface area contributed by atoms with E-state index in [0.29, 0.717) is 30.9 Å². The Morgan fingerprint density at radius 3 is 2.42 bits per heavy atom. The Bertz CT molecular complexity index is 265. The Kier molecular flexibility index (Phi) is 7.16. The lowest BCUT2D eigenvalue weighted by Gasteiger charge is -2.35. The molecule has 4 heteroatoms. The Morgan fingerprint density at radius 2 is 1.95 bits per heavy atom. The van der Waals surface area contributed by atoms with E-state index >= 15 is 0 Å². The van der Waals surface area contributed by atoms with Crippen LogP contribution in [-0.4, -0.2) is 31.0 Å². The topological polar surface area (TPSA) is 38.3 Å². The van der Waals surface area contributed by atoms with Gasteiger partial charge in [-0.1, -0.05) is 13.8 Å². The van der Waals surface area contributed by atoms with E-state index in [1.54, 1.807) is 0 Å². The van der Waals surface area contributed by atoms with E-state index in [0.717, 1.165) is 32.3 Å². The van der Waals surface area contributed by atoms with Crippen molar-refractivity contribution < 1.29 is 9.53 Å². The Hall–Kier alpha value is -0.280. The van der Waals surface area contributed by atoms with Gasteiger partial charge in [0.05, 0.1) is 6.10 Å². The molecule has 0 aliphatic heterocycles. The zero-order valence-electron chi connectivity index (χ0n) is 12.5. The molecule has 0 atom stereocenters. The second kappa shape index (κ2) is 8.11. The van der Waals surface area contributed by atoms with Crippen molar-refractivity contribution in [3.63, 3.8) is 0 Å². The van der Waals surface area contributed by atoms with E-state index in [1.165, 1.54) is 0 Å². The lowest BCUT2D eigenvalue weighted by molar-refractivity contribution is -0.124. The fraction of sp³-hybridized carbons (Fsp3) is 0.933. The van der Waals surface area contributed by atoms with Crippen LogP contribution in [0.1, 0.15) is 52.9 Å². The molecule has 112 valence electrons. The monoisotopic (exact) mass is 289 g/mol. The van der Waals surface area contributed by atoms with E-state index in [1.807, 2.05) is 6.92 Å². The van der Waals surface area contributed by atoms with Crippen LogP contribution in [-0.2, 0) is 9.53 Å². The molecule has 1 rings (SSSR count). The van der Waals surface area contributed by atoms with Crippen LogP contribution in [0.15, 0.2) is 0 Å². The number of nitrogens with one attached hydrogen (secondary N) is 1. The van der Waals surface area contributed by atoms with Crippen LogP contribution < -0.4 is 5.32 Å². The molecule has 0 aromatic heterocycles. The van der Waals surface area contributed by atoms with Crippen LogP contribution >= 0.6 is 11.6 Å². The van der Waals surface area contributed by atoms with Crippen LogP contribution in [0.3, 0.4) is 0 Å². The Morgan fingerprint density at radius 1 is 1.32 bits per heavy atom. The third-order valence-electron chi connectivity index (χ3n) is 4.51. The van der Waals surface area contributed by atoms with Crippen LogP contribution in [0.2, 0.25) is 0 Å². The summed E-state index contributed by atoms with van der Waals surface area (Å²) in [5.41, 5.74) is 0.0602. The quantitative estimate of drug-likeness (QED) is 0.661. The fourth-order valence-corrected chi connectivity index (χ4v) is 3.04. The maximum Gasteiger partial charge on any atom is 0.220 e. The van der Waals surface area contributed by atoms with Crippen molar-refractivity contribution in [1.82, 2.24) is 5.32 Å². The third-order valence-corrected chi connectivity index (χ3v) is 5.08. The first-order valence-electron chi connectivity index (χ1n) is 7.53. The summed E-state index contributed by atoms with van der Waals surface area (Å²) in [7, 11) is 0. The summed E-state index contributed by atoms with van der Waals surface area (Å²) < 4.78 is 5.51. The Labute approximate surface area is 122 Å². The lowest BCUT2D eigenvalue weighted by atomic mass is 9.79. The first-order valence-corrected chi connectivity index (χ1v) is 8.06. The summed E-state index contributed by atoms with van der Waals surface area (Å²) in [6.07, 6.45) is 5.09. The number of rotatable bonds is 9. The van der Waals surface area contributed by atoms with Crippen molar-refractivity contribution in [3.8, 4) is 0 Å². The van der Waals surface area contributed by atoms with Gasteiger partial charge in [0.2, 0.25) is 5.91 Å². The van der Waals surface area contributed by atoms with E-state index < -0.39 is 0 Å². The largest absolute Gasteiger partial charge is 0.378 e. The summed E-state index contributed by atoms with van der Waals surface area (Å²) in [5, 5.41) is 3.06. The molecule has 0 aromatic rings. The van der Waals surface area contributed by atoms with Crippen molar-refractivity contribution in [1.29, 1.82) is 0 Å². The molecule has 0 bridgehead atoms. The molecule has 0 radical (unpaired) electrons. The maximum atomic E-state index is 11.9. The molecular formula is C15H28ClNO2. The number of ether oxygens (including phenoxy) is 1. The molecule has 1 saturated carbocycles. The molecule has 19 heavy (non-hydrogen) atoms. The highest BCUT2D eigenvalue weighted by Crippen LogP contribution is 2.33. The predicted molar refractivity (Wildman–Crippen MR) is 79.5 cm³/mol. The molecule has 0 spiro atoms. The molecule has 0 unspecified atom stereocenters. The molecule has 0 aromatic carbocycles. The summed E-state index contributed by atoms with van der Waals surface area (Å²) in [4.78, 5) is 11.9. The zero-order chi connectivity index (χ0) is 14.3. The number of alkyl halides is 1. The lowest BCUT2D eigenvalue weighted by Crippen LogP contribution is -2.40. The smallest absolute Gasteiger partial charge is 0.220 e. The van der Waals surface area contributed by atoms with E-state index in [4.69, 9.17) is 16.3 Å². The standard InChI is InChI=1S/C15H28ClNO2/c1-4-15(5-2,10-16)11-17-14(18)9-12-7-13(8-12)19-6-3/h12-13H,4-11H2,1-3H3,(H,17,18). The number of hydrogen-bond donors (Lipinski definition) is 1. The van der Waals surface area contributed by atoms with E-state index in [-0.39, 0.29) is 11.3 Å². The second-order valence-corrected chi connectivity index (χ2v) is 6.00. The molecule has 1 aliphatic carbocycles. The minimum atomic E-state index is 0.0602. The van der Waals surface area contributed by atoms with Gasteiger partial charge in [0, 0.05) is 30.9 Å². The third kappa shape index (κ3) is 4.96. The average Bonchev–Trinajstić information content (AvgIpc) is 2.39. The van der Waals surface area contributed by atoms with Crippen LogP contribution in [0.5, 0.6) is 0 Å². The molecule has 0 heterocycles. The number of hydrogen-bond acceptors (Lipinski definition) is 2. The van der Waals surface area contributed by atoms with Gasteiger partial charge in [-0.3, -0.25) is 4.79 Å². The number of carbonyl (C=O) groups is 1. The number of carbonyl (C=O) groups excluding carboxylic acids is 1. The molecule has 3 nitrogen and oxygen atoms in total. The van der Waals surface area contributed by atoms with E-state index in [2.05, 4.69) is 19.2 Å². The highest BCUT2D eigenvalue weighted by Gasteiger charge is 2.32. The summed E-state index contributed by atoms with van der Waals surface area (Å²) in [6.45, 7) is 7.76. The molecule has 1 fully saturated rings. The average molecular weight is 290 g/mol. The molecular weight excluding hydrogens is 262 g/mol. The minimum absolute atomic E-state index is 0.0602. The maximum absolute atomic E-state index is 11.9. The summed E-state index contributed by atoms with van der Waals surface area (Å²) in [5.74, 6) is 1.28. The molecule has 1 aliphatic rings. The van der Waals surface area contributed by atoms with Gasteiger partial charge in [0.25, 0.3) is 0 Å². The van der Waals surface area contributed by atoms with Gasteiger partial charge in [-0.15, -0.1) is 11.6 Å². The predicted octanol–water partition coefficient (Wildman–Crippen LogP) is 3.35. The zero-order valence-corrected chi connectivity index (χ0v) is 13.3. The summed E-state index contributed by atoms with van der Waals surface area (Å²) in [6, 6.07) is 0. The van der Waals surface area contributed by atoms with Crippen molar-refractivity contribution in [2.24, 2.45) is 11.3 Å². The number of halogens is 1. The van der Waals surface area contributed by atoms with E-state index in [9.17, 15) is 4.79 Å². The van der Waals surface area contributed by atoms with Gasteiger partial charge >= 0.3 is 0 Å². The first-order chi connectivity index (χ1) is 9.09. The van der Waals surface area contributed by atoms with Gasteiger partial charge in [0.1, 0.15) is 0 Å². The summed E-state index contributed by atoms with van der Waals surface area (Å²) >= 11 is 6.04. The van der Waals surface area contributed by atoms with Gasteiger partial charge in [-0.05, 0) is 38.5 Å². The van der Waals surface area contributed by atoms with Gasteiger partial charge < -0.3 is 10.1 Å². The fourth-order valence-electron chi connectivity index (χ4n) is 2.57. The normalized spacial score (nSPS) is 22.9. The van der Waals surface area contributed by atoms with Gasteiger partial charge in [-0.25, -0.2) is 0 Å². The Balaban J connectivity index is 2.22. The van der Waals surface area contributed by atoms with Crippen LogP contribution in [0, 0.1) is 11.3 Å². The minimum Gasteiger partial charge on any atom is -0.378 e. The van der Waals surface area contributed by atoms with Crippen molar-refractivity contribution in [2.45, 2.75) is 59.0 Å². The van der Waals surface area contributed by atoms with Crippen LogP contribution in [0.25, 0.3) is 0 Å². The molecule has 1 N–H and O–H groups in total. The van der Waals surface area contributed by atoms with Gasteiger partial charge in [-0.2, -0.15) is 0 Å². The van der Waals surface area contributed by atoms with Crippen molar-refractivity contribution in [3.05, 3.63) is 0 Å². The highest BCUT2D eigenvalue weighted by molar-refractivity contribution is 6.18. The van der Waals surface area contributed by atoms with Crippen LogP contribution in [0.4, 0.5) is 0 Å². The number of amides is 1. The SMILES string of the molecule is CCOC1CC(CC(=O)NCC(CC)(CC)CCl)C1.